The third-order valence-corrected chi connectivity index (χ3v) is 8.57. The lowest BCUT2D eigenvalue weighted by molar-refractivity contribution is -0.118. The van der Waals surface area contributed by atoms with Gasteiger partial charge in [0.1, 0.15) is 10.8 Å². The Labute approximate surface area is 245 Å². The van der Waals surface area contributed by atoms with Crippen molar-refractivity contribution in [2.45, 2.75) is 52.4 Å². The van der Waals surface area contributed by atoms with Gasteiger partial charge in [0.15, 0.2) is 6.61 Å². The lowest BCUT2D eigenvalue weighted by atomic mass is 9.96. The second kappa shape index (κ2) is 13.4. The molecule has 0 unspecified atom stereocenters. The van der Waals surface area contributed by atoms with Gasteiger partial charge in [0, 0.05) is 22.5 Å². The Hall–Kier alpha value is -4.23. The SMILES string of the molecule is Cc1cccc(NC(=O)c2c(N=Cc3ccc(OCC(=O)Nc4ccccc4)cc3)sc3c2CCCCCC3)c1C. The van der Waals surface area contributed by atoms with Crippen LogP contribution in [-0.2, 0) is 17.6 Å². The summed E-state index contributed by atoms with van der Waals surface area (Å²) in [6.45, 7) is 4.00. The summed E-state index contributed by atoms with van der Waals surface area (Å²) < 4.78 is 5.65. The van der Waals surface area contributed by atoms with Crippen molar-refractivity contribution in [3.8, 4) is 5.75 Å². The number of rotatable bonds is 8. The van der Waals surface area contributed by atoms with Crippen molar-refractivity contribution in [3.63, 3.8) is 0 Å². The van der Waals surface area contributed by atoms with Crippen LogP contribution in [0.25, 0.3) is 0 Å². The van der Waals surface area contributed by atoms with E-state index in [4.69, 9.17) is 9.73 Å². The summed E-state index contributed by atoms with van der Waals surface area (Å²) in [6.07, 6.45) is 8.32. The number of nitrogens with zero attached hydrogens (tertiary/aromatic N) is 1. The number of thiophene rings is 1. The molecule has 2 N–H and O–H groups in total. The van der Waals surface area contributed by atoms with E-state index in [-0.39, 0.29) is 18.4 Å². The molecule has 6 nitrogen and oxygen atoms in total. The highest BCUT2D eigenvalue weighted by atomic mass is 32.1. The number of aryl methyl sites for hydroxylation is 2. The molecule has 0 spiro atoms. The van der Waals surface area contributed by atoms with Crippen LogP contribution in [0.4, 0.5) is 16.4 Å². The van der Waals surface area contributed by atoms with E-state index < -0.39 is 0 Å². The predicted octanol–water partition coefficient (Wildman–Crippen LogP) is 8.04. The first-order valence-corrected chi connectivity index (χ1v) is 14.9. The molecular formula is C34H35N3O3S. The van der Waals surface area contributed by atoms with Crippen LogP contribution in [0.15, 0.2) is 77.8 Å². The summed E-state index contributed by atoms with van der Waals surface area (Å²) >= 11 is 1.64. The van der Waals surface area contributed by atoms with Gasteiger partial charge in [0.25, 0.3) is 11.8 Å². The number of hydrogen-bond acceptors (Lipinski definition) is 5. The number of carbonyl (C=O) groups is 2. The predicted molar refractivity (Wildman–Crippen MR) is 168 cm³/mol. The first-order valence-electron chi connectivity index (χ1n) is 14.1. The number of para-hydroxylation sites is 1. The molecule has 0 saturated heterocycles. The number of anilines is 2. The molecule has 7 heteroatoms. The van der Waals surface area contributed by atoms with Crippen LogP contribution in [0, 0.1) is 13.8 Å². The van der Waals surface area contributed by atoms with Crippen LogP contribution >= 0.6 is 11.3 Å². The Morgan fingerprint density at radius 3 is 2.41 bits per heavy atom. The monoisotopic (exact) mass is 565 g/mol. The van der Waals surface area contributed by atoms with Gasteiger partial charge in [-0.15, -0.1) is 11.3 Å². The standard InChI is InChI=1S/C34H35N3O3S/c1-23-11-10-15-29(24(23)2)37-33(39)32-28-14-8-3-4-9-16-30(28)41-34(32)35-21-25-17-19-27(20-18-25)40-22-31(38)36-26-12-6-5-7-13-26/h5-7,10-13,15,17-21H,3-4,8-9,14,16,22H2,1-2H3,(H,36,38)(H,37,39). The van der Waals surface area contributed by atoms with Crippen molar-refractivity contribution >= 4 is 45.7 Å². The van der Waals surface area contributed by atoms with E-state index in [1.54, 1.807) is 17.6 Å². The first-order chi connectivity index (χ1) is 20.0. The van der Waals surface area contributed by atoms with E-state index in [1.165, 1.54) is 17.7 Å². The quantitative estimate of drug-likeness (QED) is 0.212. The van der Waals surface area contributed by atoms with Crippen LogP contribution in [-0.4, -0.2) is 24.6 Å². The van der Waals surface area contributed by atoms with Gasteiger partial charge in [0.2, 0.25) is 0 Å². The number of hydrogen-bond donors (Lipinski definition) is 2. The zero-order valence-corrected chi connectivity index (χ0v) is 24.4. The third kappa shape index (κ3) is 7.30. The molecule has 1 heterocycles. The molecule has 0 atom stereocenters. The highest BCUT2D eigenvalue weighted by molar-refractivity contribution is 7.16. The smallest absolute Gasteiger partial charge is 0.262 e. The molecule has 1 aromatic heterocycles. The van der Waals surface area contributed by atoms with Crippen molar-refractivity contribution in [2.24, 2.45) is 4.99 Å². The largest absolute Gasteiger partial charge is 0.484 e. The molecule has 1 aliphatic rings. The summed E-state index contributed by atoms with van der Waals surface area (Å²) in [5.74, 6) is 0.279. The maximum Gasteiger partial charge on any atom is 0.262 e. The maximum absolute atomic E-state index is 13.7. The van der Waals surface area contributed by atoms with Crippen molar-refractivity contribution in [1.82, 2.24) is 0 Å². The van der Waals surface area contributed by atoms with Gasteiger partial charge < -0.3 is 15.4 Å². The topological polar surface area (TPSA) is 79.8 Å². The van der Waals surface area contributed by atoms with E-state index in [2.05, 4.69) is 23.6 Å². The second-order valence-electron chi connectivity index (χ2n) is 10.3. The Morgan fingerprint density at radius 2 is 1.63 bits per heavy atom. The Bertz CT molecular complexity index is 1540. The van der Waals surface area contributed by atoms with E-state index >= 15 is 0 Å². The molecule has 41 heavy (non-hydrogen) atoms. The highest BCUT2D eigenvalue weighted by Crippen LogP contribution is 2.39. The van der Waals surface area contributed by atoms with E-state index in [9.17, 15) is 9.59 Å². The molecular weight excluding hydrogens is 530 g/mol. The molecule has 1 aliphatic carbocycles. The van der Waals surface area contributed by atoms with Gasteiger partial charge in [-0.1, -0.05) is 43.2 Å². The summed E-state index contributed by atoms with van der Waals surface area (Å²) in [5.41, 5.74) is 6.53. The molecule has 0 radical (unpaired) electrons. The van der Waals surface area contributed by atoms with Crippen LogP contribution in [0.3, 0.4) is 0 Å². The normalized spacial score (nSPS) is 13.2. The molecule has 5 rings (SSSR count). The molecule has 0 saturated carbocycles. The minimum atomic E-state index is -0.221. The minimum absolute atomic E-state index is 0.0814. The summed E-state index contributed by atoms with van der Waals surface area (Å²) in [6, 6.07) is 22.7. The van der Waals surface area contributed by atoms with Crippen molar-refractivity contribution in [1.29, 1.82) is 0 Å². The molecule has 4 aromatic rings. The fourth-order valence-electron chi connectivity index (χ4n) is 4.95. The van der Waals surface area contributed by atoms with Gasteiger partial charge >= 0.3 is 0 Å². The Kier molecular flexibility index (Phi) is 9.26. The number of benzene rings is 3. The highest BCUT2D eigenvalue weighted by Gasteiger charge is 2.24. The number of nitrogens with one attached hydrogen (secondary N) is 2. The Morgan fingerprint density at radius 1 is 0.878 bits per heavy atom. The lowest BCUT2D eigenvalue weighted by Gasteiger charge is -2.13. The fourth-order valence-corrected chi connectivity index (χ4v) is 6.18. The number of ether oxygens (including phenoxy) is 1. The summed E-state index contributed by atoms with van der Waals surface area (Å²) in [5, 5.41) is 6.73. The molecule has 3 aromatic carbocycles. The third-order valence-electron chi connectivity index (χ3n) is 7.37. The number of aliphatic imine (C=N–C) groups is 1. The van der Waals surface area contributed by atoms with Crippen molar-refractivity contribution < 1.29 is 14.3 Å². The number of amides is 2. The zero-order chi connectivity index (χ0) is 28.6. The molecule has 0 bridgehead atoms. The van der Waals surface area contributed by atoms with Gasteiger partial charge in [-0.3, -0.25) is 9.59 Å². The second-order valence-corrected chi connectivity index (χ2v) is 11.4. The molecule has 0 fully saturated rings. The van der Waals surface area contributed by atoms with Crippen LogP contribution in [0.5, 0.6) is 5.75 Å². The number of carbonyl (C=O) groups excluding carboxylic acids is 2. The van der Waals surface area contributed by atoms with Gasteiger partial charge in [-0.25, -0.2) is 4.99 Å². The average molecular weight is 566 g/mol. The van der Waals surface area contributed by atoms with Crippen LogP contribution < -0.4 is 15.4 Å². The Balaban J connectivity index is 1.31. The maximum atomic E-state index is 13.7. The van der Waals surface area contributed by atoms with Crippen molar-refractivity contribution in [2.75, 3.05) is 17.2 Å². The van der Waals surface area contributed by atoms with Crippen LogP contribution in [0.1, 0.15) is 63.2 Å². The molecule has 2 amide bonds. The number of fused-ring (bicyclic) bond motifs is 1. The van der Waals surface area contributed by atoms with E-state index in [1.807, 2.05) is 73.7 Å². The fraction of sp³-hybridized carbons (Fsp3) is 0.265. The molecule has 210 valence electrons. The molecule has 0 aliphatic heterocycles. The van der Waals surface area contributed by atoms with Crippen molar-refractivity contribution in [3.05, 3.63) is 105 Å². The van der Waals surface area contributed by atoms with Gasteiger partial charge in [-0.2, -0.15) is 0 Å². The van der Waals surface area contributed by atoms with Gasteiger partial charge in [-0.05, 0) is 104 Å². The van der Waals surface area contributed by atoms with Gasteiger partial charge in [0.05, 0.1) is 5.56 Å². The average Bonchev–Trinajstić information content (AvgIpc) is 3.30. The lowest BCUT2D eigenvalue weighted by Crippen LogP contribution is -2.20. The van der Waals surface area contributed by atoms with E-state index in [0.29, 0.717) is 11.3 Å². The summed E-state index contributed by atoms with van der Waals surface area (Å²) in [4.78, 5) is 32.0. The minimum Gasteiger partial charge on any atom is -0.484 e. The zero-order valence-electron chi connectivity index (χ0n) is 23.5. The first kappa shape index (κ1) is 28.3. The van der Waals surface area contributed by atoms with E-state index in [0.717, 1.165) is 64.3 Å². The summed E-state index contributed by atoms with van der Waals surface area (Å²) in [7, 11) is 0. The van der Waals surface area contributed by atoms with Crippen LogP contribution in [0.2, 0.25) is 0 Å².